The predicted molar refractivity (Wildman–Crippen MR) is 103 cm³/mol. The molecule has 2 aromatic carbocycles. The lowest BCUT2D eigenvalue weighted by molar-refractivity contribution is -0.132. The maximum absolute atomic E-state index is 13.2. The maximum atomic E-state index is 13.2. The molecular formula is C19H23N3O4S. The molecule has 2 aromatic rings. The van der Waals surface area contributed by atoms with Gasteiger partial charge in [-0.05, 0) is 62.3 Å². The Hall–Kier alpha value is -2.42. The zero-order chi connectivity index (χ0) is 19.5. The van der Waals surface area contributed by atoms with Gasteiger partial charge in [0.1, 0.15) is 0 Å². The van der Waals surface area contributed by atoms with Crippen molar-refractivity contribution in [3.63, 3.8) is 0 Å². The van der Waals surface area contributed by atoms with Crippen molar-refractivity contribution >= 4 is 27.1 Å². The molecule has 1 aliphatic rings. The summed E-state index contributed by atoms with van der Waals surface area (Å²) in [5.41, 5.74) is 3.35. The molecule has 3 rings (SSSR count). The lowest BCUT2D eigenvalue weighted by Crippen LogP contribution is -2.57. The Morgan fingerprint density at radius 1 is 1.04 bits per heavy atom. The normalized spacial score (nSPS) is 16.5. The molecule has 7 nitrogen and oxygen atoms in total. The Morgan fingerprint density at radius 3 is 2.15 bits per heavy atom. The quantitative estimate of drug-likeness (QED) is 0.533. The minimum atomic E-state index is -3.97. The van der Waals surface area contributed by atoms with E-state index in [1.54, 1.807) is 17.6 Å². The smallest absolute Gasteiger partial charge is 0.265 e. The van der Waals surface area contributed by atoms with E-state index in [9.17, 15) is 13.2 Å². The summed E-state index contributed by atoms with van der Waals surface area (Å²) >= 11 is 0. The highest BCUT2D eigenvalue weighted by Gasteiger charge is 2.51. The van der Waals surface area contributed by atoms with Crippen LogP contribution in [0.15, 0.2) is 59.5 Å². The molecule has 8 heteroatoms. The number of carbonyl (C=O) groups is 1. The second-order valence-corrected chi connectivity index (χ2v) is 8.84. The van der Waals surface area contributed by atoms with Gasteiger partial charge in [0, 0.05) is 18.4 Å². The number of nitrogens with one attached hydrogen (secondary N) is 2. The number of carbonyl (C=O) groups excluding carboxylic acids is 1. The van der Waals surface area contributed by atoms with Crippen LogP contribution in [-0.2, 0) is 14.6 Å². The summed E-state index contributed by atoms with van der Waals surface area (Å²) in [6.07, 6.45) is 0.209. The first-order chi connectivity index (χ1) is 12.9. The van der Waals surface area contributed by atoms with E-state index < -0.39 is 20.5 Å². The highest BCUT2D eigenvalue weighted by Crippen LogP contribution is 2.35. The third-order valence-electron chi connectivity index (χ3n) is 5.12. The van der Waals surface area contributed by atoms with Crippen molar-refractivity contribution in [1.82, 2.24) is 10.8 Å². The van der Waals surface area contributed by atoms with Crippen molar-refractivity contribution in [2.75, 3.05) is 25.0 Å². The predicted octanol–water partition coefficient (Wildman–Crippen LogP) is 1.86. The third-order valence-corrected chi connectivity index (χ3v) is 7.63. The standard InChI is InChI=1S/C19H23N3O4S/c1-22(15-5-3-2-4-6-15)16-7-9-17(10-8-16)27(25,26)19(18(23)21-24)11-13-20-14-12-19/h2-10,20,24H,11-14H2,1H3,(H,21,23). The van der Waals surface area contributed by atoms with E-state index in [2.05, 4.69) is 5.32 Å². The molecule has 1 fully saturated rings. The first-order valence-corrected chi connectivity index (χ1v) is 10.2. The van der Waals surface area contributed by atoms with Crippen molar-refractivity contribution in [3.8, 4) is 0 Å². The fraction of sp³-hybridized carbons (Fsp3) is 0.316. The van der Waals surface area contributed by atoms with Crippen LogP contribution in [0.25, 0.3) is 0 Å². The first kappa shape index (κ1) is 19.3. The highest BCUT2D eigenvalue weighted by atomic mass is 32.2. The fourth-order valence-corrected chi connectivity index (χ4v) is 5.40. The third kappa shape index (κ3) is 3.43. The SMILES string of the molecule is CN(c1ccccc1)c1ccc(S(=O)(=O)C2(C(=O)NO)CCNCC2)cc1. The summed E-state index contributed by atoms with van der Waals surface area (Å²) in [7, 11) is -2.08. The Kier molecular flexibility index (Phi) is 5.50. The van der Waals surface area contributed by atoms with Gasteiger partial charge in [0.2, 0.25) is 0 Å². The van der Waals surface area contributed by atoms with Gasteiger partial charge in [-0.15, -0.1) is 0 Å². The van der Waals surface area contributed by atoms with Crippen LogP contribution in [0.5, 0.6) is 0 Å². The zero-order valence-electron chi connectivity index (χ0n) is 15.1. The van der Waals surface area contributed by atoms with E-state index in [0.29, 0.717) is 13.1 Å². The number of benzene rings is 2. The van der Waals surface area contributed by atoms with Crippen LogP contribution >= 0.6 is 0 Å². The van der Waals surface area contributed by atoms with E-state index in [1.165, 1.54) is 12.1 Å². The molecule has 1 saturated heterocycles. The van der Waals surface area contributed by atoms with Crippen molar-refractivity contribution in [2.24, 2.45) is 0 Å². The fourth-order valence-electron chi connectivity index (χ4n) is 3.43. The van der Waals surface area contributed by atoms with Gasteiger partial charge < -0.3 is 10.2 Å². The van der Waals surface area contributed by atoms with Crippen LogP contribution < -0.4 is 15.7 Å². The molecule has 1 amide bonds. The Morgan fingerprint density at radius 2 is 1.59 bits per heavy atom. The number of anilines is 2. The van der Waals surface area contributed by atoms with Crippen LogP contribution in [-0.4, -0.2) is 44.4 Å². The van der Waals surface area contributed by atoms with Gasteiger partial charge in [0.15, 0.2) is 14.6 Å². The molecular weight excluding hydrogens is 366 g/mol. The second kappa shape index (κ2) is 7.67. The zero-order valence-corrected chi connectivity index (χ0v) is 15.9. The van der Waals surface area contributed by atoms with Gasteiger partial charge in [0.25, 0.3) is 5.91 Å². The molecule has 0 bridgehead atoms. The Labute approximate surface area is 158 Å². The van der Waals surface area contributed by atoms with Gasteiger partial charge in [0.05, 0.1) is 4.90 Å². The van der Waals surface area contributed by atoms with E-state index >= 15 is 0 Å². The molecule has 1 aliphatic heterocycles. The molecule has 3 N–H and O–H groups in total. The molecule has 0 unspecified atom stereocenters. The molecule has 0 aliphatic carbocycles. The summed E-state index contributed by atoms with van der Waals surface area (Å²) in [4.78, 5) is 14.3. The maximum Gasteiger partial charge on any atom is 0.265 e. The molecule has 27 heavy (non-hydrogen) atoms. The molecule has 0 radical (unpaired) electrons. The van der Waals surface area contributed by atoms with E-state index in [-0.39, 0.29) is 17.7 Å². The van der Waals surface area contributed by atoms with Crippen LogP contribution in [0.2, 0.25) is 0 Å². The first-order valence-electron chi connectivity index (χ1n) is 8.71. The average molecular weight is 389 g/mol. The van der Waals surface area contributed by atoms with Crippen molar-refractivity contribution in [2.45, 2.75) is 22.5 Å². The van der Waals surface area contributed by atoms with Crippen LogP contribution in [0.1, 0.15) is 12.8 Å². The van der Waals surface area contributed by atoms with Crippen molar-refractivity contribution in [3.05, 3.63) is 54.6 Å². The van der Waals surface area contributed by atoms with Gasteiger partial charge >= 0.3 is 0 Å². The molecule has 0 saturated carbocycles. The van der Waals surface area contributed by atoms with Gasteiger partial charge in [-0.3, -0.25) is 10.0 Å². The minimum absolute atomic E-state index is 0.0678. The van der Waals surface area contributed by atoms with Crippen LogP contribution in [0.3, 0.4) is 0 Å². The van der Waals surface area contributed by atoms with E-state index in [4.69, 9.17) is 5.21 Å². The number of amides is 1. The number of nitrogens with zero attached hydrogens (tertiary/aromatic N) is 1. The molecule has 0 atom stereocenters. The number of para-hydroxylation sites is 1. The monoisotopic (exact) mass is 389 g/mol. The van der Waals surface area contributed by atoms with E-state index in [0.717, 1.165) is 11.4 Å². The van der Waals surface area contributed by atoms with Crippen molar-refractivity contribution in [1.29, 1.82) is 0 Å². The number of rotatable bonds is 5. The summed E-state index contributed by atoms with van der Waals surface area (Å²) in [5, 5.41) is 12.2. The second-order valence-electron chi connectivity index (χ2n) is 6.58. The topological polar surface area (TPSA) is 98.7 Å². The average Bonchev–Trinajstić information content (AvgIpc) is 2.73. The number of sulfone groups is 1. The lowest BCUT2D eigenvalue weighted by atomic mass is 9.96. The number of hydrogen-bond acceptors (Lipinski definition) is 6. The van der Waals surface area contributed by atoms with Crippen molar-refractivity contribution < 1.29 is 18.4 Å². The van der Waals surface area contributed by atoms with Crippen LogP contribution in [0.4, 0.5) is 11.4 Å². The van der Waals surface area contributed by atoms with Gasteiger partial charge in [-0.2, -0.15) is 0 Å². The summed E-state index contributed by atoms with van der Waals surface area (Å²) < 4.78 is 24.8. The number of hydrogen-bond donors (Lipinski definition) is 3. The summed E-state index contributed by atoms with van der Waals surface area (Å²) in [6, 6.07) is 16.2. The molecule has 0 aromatic heterocycles. The summed E-state index contributed by atoms with van der Waals surface area (Å²) in [6.45, 7) is 0.781. The molecule has 0 spiro atoms. The summed E-state index contributed by atoms with van der Waals surface area (Å²) in [5.74, 6) is -0.880. The number of hydroxylamine groups is 1. The highest BCUT2D eigenvalue weighted by molar-refractivity contribution is 7.93. The number of piperidine rings is 1. The molecule has 1 heterocycles. The van der Waals surface area contributed by atoms with E-state index in [1.807, 2.05) is 42.3 Å². The Bertz CT molecular complexity index is 892. The van der Waals surface area contributed by atoms with Crippen LogP contribution in [0, 0.1) is 0 Å². The largest absolute Gasteiger partial charge is 0.345 e. The Balaban J connectivity index is 1.94. The van der Waals surface area contributed by atoms with Gasteiger partial charge in [-0.25, -0.2) is 13.9 Å². The van der Waals surface area contributed by atoms with Gasteiger partial charge in [-0.1, -0.05) is 18.2 Å². The minimum Gasteiger partial charge on any atom is -0.345 e. The lowest BCUT2D eigenvalue weighted by Gasteiger charge is -2.34. The molecule has 144 valence electrons.